The van der Waals surface area contributed by atoms with Gasteiger partial charge in [0.2, 0.25) is 0 Å². The molecule has 0 bridgehead atoms. The molecule has 0 aliphatic heterocycles. The second-order valence-electron chi connectivity index (χ2n) is 2.32. The van der Waals surface area contributed by atoms with Crippen molar-refractivity contribution in [1.29, 1.82) is 0 Å². The van der Waals surface area contributed by atoms with E-state index in [2.05, 4.69) is 4.74 Å². The third kappa shape index (κ3) is 2.93. The lowest BCUT2D eigenvalue weighted by Gasteiger charge is -2.12. The third-order valence-electron chi connectivity index (χ3n) is 1.37. The molecule has 0 aromatic heterocycles. The summed E-state index contributed by atoms with van der Waals surface area (Å²) >= 11 is 1.73. The molecule has 0 amide bonds. The zero-order valence-electron chi connectivity index (χ0n) is 7.06. The van der Waals surface area contributed by atoms with Gasteiger partial charge in [0, 0.05) is 0 Å². The van der Waals surface area contributed by atoms with Gasteiger partial charge in [-0.2, -0.15) is 0 Å². The van der Waals surface area contributed by atoms with Gasteiger partial charge in [-0.05, 0) is 34.7 Å². The molecule has 0 aliphatic carbocycles. The van der Waals surface area contributed by atoms with Gasteiger partial charge in [0.1, 0.15) is 11.5 Å². The molecule has 0 aliphatic rings. The van der Waals surface area contributed by atoms with Crippen LogP contribution in [0.4, 0.5) is 13.2 Å². The number of hydrogen-bond acceptors (Lipinski definition) is 2. The summed E-state index contributed by atoms with van der Waals surface area (Å²) in [5.74, 6) is 0.102. The Balaban J connectivity index is 2.98. The molecule has 1 aromatic carbocycles. The van der Waals surface area contributed by atoms with Crippen LogP contribution in [0, 0.1) is 3.57 Å². The third-order valence-corrected chi connectivity index (χ3v) is 2.44. The largest absolute Gasteiger partial charge is 0.573 e. The van der Waals surface area contributed by atoms with E-state index in [0.717, 1.165) is 0 Å². The van der Waals surface area contributed by atoms with Crippen LogP contribution in [-0.2, 0) is 0 Å². The Labute approximate surface area is 92.1 Å². The zero-order chi connectivity index (χ0) is 10.8. The fourth-order valence-electron chi connectivity index (χ4n) is 0.852. The molecule has 0 saturated heterocycles. The second-order valence-corrected chi connectivity index (χ2v) is 3.40. The first-order chi connectivity index (χ1) is 6.44. The standard InChI is InChI=1S/C8H6F3IO2/c1-13-5-3-2-4-6(7(5)12)14-8(9,10)11/h2-4H,1H3. The van der Waals surface area contributed by atoms with E-state index in [9.17, 15) is 13.2 Å². The molecule has 0 spiro atoms. The Hall–Kier alpha value is -0.660. The Kier molecular flexibility index (Phi) is 3.46. The fourth-order valence-corrected chi connectivity index (χ4v) is 1.54. The van der Waals surface area contributed by atoms with Gasteiger partial charge < -0.3 is 9.47 Å². The lowest BCUT2D eigenvalue weighted by Crippen LogP contribution is -2.17. The Morgan fingerprint density at radius 2 is 1.79 bits per heavy atom. The van der Waals surface area contributed by atoms with Gasteiger partial charge >= 0.3 is 6.36 Å². The molecule has 0 unspecified atom stereocenters. The molecule has 14 heavy (non-hydrogen) atoms. The molecule has 0 heterocycles. The van der Waals surface area contributed by atoms with Crippen molar-refractivity contribution in [2.45, 2.75) is 6.36 Å². The highest BCUT2D eigenvalue weighted by atomic mass is 127. The van der Waals surface area contributed by atoms with Gasteiger partial charge in [0.15, 0.2) is 0 Å². The minimum Gasteiger partial charge on any atom is -0.496 e. The van der Waals surface area contributed by atoms with Gasteiger partial charge in [0.25, 0.3) is 0 Å². The molecule has 1 rings (SSSR count). The average Bonchev–Trinajstić information content (AvgIpc) is 2.06. The number of alkyl halides is 3. The van der Waals surface area contributed by atoms with Crippen LogP contribution >= 0.6 is 22.6 Å². The molecule has 2 nitrogen and oxygen atoms in total. The van der Waals surface area contributed by atoms with Crippen LogP contribution < -0.4 is 9.47 Å². The van der Waals surface area contributed by atoms with E-state index in [0.29, 0.717) is 9.32 Å². The lowest BCUT2D eigenvalue weighted by molar-refractivity contribution is -0.275. The van der Waals surface area contributed by atoms with Crippen molar-refractivity contribution in [3.8, 4) is 11.5 Å². The van der Waals surface area contributed by atoms with Gasteiger partial charge in [-0.3, -0.25) is 0 Å². The van der Waals surface area contributed by atoms with Crippen LogP contribution in [0.5, 0.6) is 11.5 Å². The minimum atomic E-state index is -4.67. The fraction of sp³-hybridized carbons (Fsp3) is 0.250. The summed E-state index contributed by atoms with van der Waals surface area (Å²) in [6.45, 7) is 0. The molecular weight excluding hydrogens is 312 g/mol. The zero-order valence-corrected chi connectivity index (χ0v) is 9.22. The quantitative estimate of drug-likeness (QED) is 0.780. The van der Waals surface area contributed by atoms with E-state index in [1.165, 1.54) is 19.2 Å². The summed E-state index contributed by atoms with van der Waals surface area (Å²) in [5, 5.41) is 0. The maximum Gasteiger partial charge on any atom is 0.573 e. The molecular formula is C8H6F3IO2. The summed E-state index contributed by atoms with van der Waals surface area (Å²) in [4.78, 5) is 0. The lowest BCUT2D eigenvalue weighted by atomic mass is 10.3. The van der Waals surface area contributed by atoms with Crippen molar-refractivity contribution in [2.24, 2.45) is 0 Å². The highest BCUT2D eigenvalue weighted by Gasteiger charge is 2.32. The summed E-state index contributed by atoms with van der Waals surface area (Å²) < 4.78 is 44.6. The highest BCUT2D eigenvalue weighted by Crippen LogP contribution is 2.33. The van der Waals surface area contributed by atoms with Gasteiger partial charge in [-0.15, -0.1) is 13.2 Å². The Morgan fingerprint density at radius 1 is 1.21 bits per heavy atom. The van der Waals surface area contributed by atoms with Crippen molar-refractivity contribution < 1.29 is 22.6 Å². The number of benzene rings is 1. The molecule has 0 fully saturated rings. The predicted octanol–water partition coefficient (Wildman–Crippen LogP) is 3.20. The van der Waals surface area contributed by atoms with Crippen LogP contribution in [0.1, 0.15) is 0 Å². The first kappa shape index (κ1) is 11.4. The number of hydrogen-bond donors (Lipinski definition) is 0. The first-order valence-corrected chi connectivity index (χ1v) is 4.60. The molecule has 78 valence electrons. The summed E-state index contributed by atoms with van der Waals surface area (Å²) in [6, 6.07) is 4.23. The number of halogens is 4. The molecule has 0 radical (unpaired) electrons. The second kappa shape index (κ2) is 4.24. The highest BCUT2D eigenvalue weighted by molar-refractivity contribution is 14.1. The van der Waals surface area contributed by atoms with Gasteiger partial charge in [-0.25, -0.2) is 0 Å². The summed E-state index contributed by atoms with van der Waals surface area (Å²) in [5.41, 5.74) is 0. The van der Waals surface area contributed by atoms with Gasteiger partial charge in [-0.1, -0.05) is 6.07 Å². The van der Waals surface area contributed by atoms with Crippen molar-refractivity contribution >= 4 is 22.6 Å². The van der Waals surface area contributed by atoms with E-state index >= 15 is 0 Å². The number of rotatable bonds is 2. The van der Waals surface area contributed by atoms with Crippen LogP contribution in [0.3, 0.4) is 0 Å². The van der Waals surface area contributed by atoms with Crippen molar-refractivity contribution in [3.63, 3.8) is 0 Å². The predicted molar refractivity (Wildman–Crippen MR) is 52.4 cm³/mol. The molecule has 0 atom stereocenters. The van der Waals surface area contributed by atoms with Crippen molar-refractivity contribution in [2.75, 3.05) is 7.11 Å². The van der Waals surface area contributed by atoms with Gasteiger partial charge in [0.05, 0.1) is 10.7 Å². The topological polar surface area (TPSA) is 18.5 Å². The molecule has 1 aromatic rings. The molecule has 0 N–H and O–H groups in total. The average molecular weight is 318 g/mol. The van der Waals surface area contributed by atoms with E-state index in [4.69, 9.17) is 4.74 Å². The Morgan fingerprint density at radius 3 is 2.29 bits per heavy atom. The van der Waals surface area contributed by atoms with E-state index in [1.807, 2.05) is 0 Å². The SMILES string of the molecule is COc1cccc(OC(F)(F)F)c1I. The van der Waals surface area contributed by atoms with E-state index in [-0.39, 0.29) is 5.75 Å². The number of methoxy groups -OCH3 is 1. The maximum atomic E-state index is 11.9. The number of ether oxygens (including phenoxy) is 2. The molecule has 0 saturated carbocycles. The normalized spacial score (nSPS) is 11.2. The van der Waals surface area contributed by atoms with E-state index < -0.39 is 6.36 Å². The van der Waals surface area contributed by atoms with Crippen LogP contribution in [0.2, 0.25) is 0 Å². The smallest absolute Gasteiger partial charge is 0.496 e. The van der Waals surface area contributed by atoms with E-state index in [1.54, 1.807) is 28.7 Å². The maximum absolute atomic E-state index is 11.9. The minimum absolute atomic E-state index is 0.252. The summed E-state index contributed by atoms with van der Waals surface area (Å²) in [6.07, 6.45) is -4.67. The Bertz CT molecular complexity index is 325. The monoisotopic (exact) mass is 318 g/mol. The van der Waals surface area contributed by atoms with Crippen LogP contribution in [-0.4, -0.2) is 13.5 Å². The van der Waals surface area contributed by atoms with Crippen molar-refractivity contribution in [3.05, 3.63) is 21.8 Å². The van der Waals surface area contributed by atoms with Crippen molar-refractivity contribution in [1.82, 2.24) is 0 Å². The molecule has 6 heteroatoms. The first-order valence-electron chi connectivity index (χ1n) is 3.52. The van der Waals surface area contributed by atoms with Crippen LogP contribution in [0.15, 0.2) is 18.2 Å². The van der Waals surface area contributed by atoms with Crippen LogP contribution in [0.25, 0.3) is 0 Å². The summed E-state index contributed by atoms with van der Waals surface area (Å²) in [7, 11) is 1.38.